The third-order valence-electron chi connectivity index (χ3n) is 2.39. The fraction of sp³-hybridized carbons (Fsp3) is 0.364. The highest BCUT2D eigenvalue weighted by Gasteiger charge is 2.14. The standard InChI is InChI=1S/C11H15N3O4/c1-13(6-7-15)11(16)8-12-9-4-2-3-5-10(9)14(17)18/h2-5,12,15H,6-8H2,1H3. The highest BCUT2D eigenvalue weighted by Crippen LogP contribution is 2.22. The molecule has 1 rings (SSSR count). The molecule has 1 aromatic carbocycles. The first-order valence-electron chi connectivity index (χ1n) is 5.38. The summed E-state index contributed by atoms with van der Waals surface area (Å²) in [5.41, 5.74) is 0.225. The van der Waals surface area contributed by atoms with Gasteiger partial charge >= 0.3 is 0 Å². The third-order valence-corrected chi connectivity index (χ3v) is 2.39. The zero-order valence-electron chi connectivity index (χ0n) is 10.00. The predicted molar refractivity (Wildman–Crippen MR) is 66.3 cm³/mol. The molecule has 1 aromatic rings. The van der Waals surface area contributed by atoms with Gasteiger partial charge in [-0.05, 0) is 6.07 Å². The van der Waals surface area contributed by atoms with Gasteiger partial charge in [0.1, 0.15) is 5.69 Å². The minimum absolute atomic E-state index is 0.0542. The van der Waals surface area contributed by atoms with Crippen LogP contribution in [-0.2, 0) is 4.79 Å². The average molecular weight is 253 g/mol. The minimum Gasteiger partial charge on any atom is -0.395 e. The molecule has 18 heavy (non-hydrogen) atoms. The van der Waals surface area contributed by atoms with Crippen molar-refractivity contribution < 1.29 is 14.8 Å². The number of nitro groups is 1. The van der Waals surface area contributed by atoms with E-state index in [-0.39, 0.29) is 31.3 Å². The molecule has 0 bridgehead atoms. The maximum atomic E-state index is 11.6. The molecule has 0 unspecified atom stereocenters. The first-order chi connectivity index (χ1) is 8.56. The number of para-hydroxylation sites is 2. The van der Waals surface area contributed by atoms with Crippen molar-refractivity contribution in [3.8, 4) is 0 Å². The minimum atomic E-state index is -0.510. The lowest BCUT2D eigenvalue weighted by Crippen LogP contribution is -2.34. The van der Waals surface area contributed by atoms with E-state index in [1.54, 1.807) is 19.2 Å². The number of aliphatic hydroxyl groups is 1. The topological polar surface area (TPSA) is 95.7 Å². The summed E-state index contributed by atoms with van der Waals surface area (Å²) in [4.78, 5) is 23.1. The number of benzene rings is 1. The lowest BCUT2D eigenvalue weighted by molar-refractivity contribution is -0.383. The number of nitrogens with zero attached hydrogens (tertiary/aromatic N) is 2. The summed E-state index contributed by atoms with van der Waals surface area (Å²) in [6, 6.07) is 6.11. The van der Waals surface area contributed by atoms with Gasteiger partial charge in [-0.3, -0.25) is 14.9 Å². The molecule has 0 atom stereocenters. The SMILES string of the molecule is CN(CCO)C(=O)CNc1ccccc1[N+](=O)[O-]. The molecule has 0 radical (unpaired) electrons. The number of nitro benzene ring substituents is 1. The number of rotatable bonds is 6. The van der Waals surface area contributed by atoms with Crippen LogP contribution in [0.4, 0.5) is 11.4 Å². The van der Waals surface area contributed by atoms with Gasteiger partial charge in [0, 0.05) is 19.7 Å². The Morgan fingerprint density at radius 2 is 2.17 bits per heavy atom. The van der Waals surface area contributed by atoms with E-state index >= 15 is 0 Å². The molecule has 0 aromatic heterocycles. The molecule has 0 fully saturated rings. The molecule has 0 aliphatic carbocycles. The Kier molecular flexibility index (Phi) is 5.06. The Balaban J connectivity index is 2.64. The van der Waals surface area contributed by atoms with Gasteiger partial charge in [0.25, 0.3) is 5.69 Å². The molecule has 1 amide bonds. The molecular weight excluding hydrogens is 238 g/mol. The average Bonchev–Trinajstić information content (AvgIpc) is 2.36. The Morgan fingerprint density at radius 3 is 2.78 bits per heavy atom. The lowest BCUT2D eigenvalue weighted by Gasteiger charge is -2.16. The Morgan fingerprint density at radius 1 is 1.50 bits per heavy atom. The van der Waals surface area contributed by atoms with Gasteiger partial charge in [-0.1, -0.05) is 12.1 Å². The van der Waals surface area contributed by atoms with E-state index in [1.807, 2.05) is 0 Å². The van der Waals surface area contributed by atoms with Gasteiger partial charge in [-0.15, -0.1) is 0 Å². The molecule has 2 N–H and O–H groups in total. The number of carbonyl (C=O) groups is 1. The Labute approximate surface area is 104 Å². The largest absolute Gasteiger partial charge is 0.395 e. The molecule has 0 saturated carbocycles. The number of likely N-dealkylation sites (N-methyl/N-ethyl adjacent to an activating group) is 1. The van der Waals surface area contributed by atoms with Crippen LogP contribution < -0.4 is 5.32 Å². The van der Waals surface area contributed by atoms with Crippen LogP contribution in [0.25, 0.3) is 0 Å². The monoisotopic (exact) mass is 253 g/mol. The first kappa shape index (κ1) is 13.9. The van der Waals surface area contributed by atoms with Gasteiger partial charge in [0.05, 0.1) is 18.1 Å². The van der Waals surface area contributed by atoms with E-state index in [9.17, 15) is 14.9 Å². The fourth-order valence-corrected chi connectivity index (χ4v) is 1.36. The summed E-state index contributed by atoms with van der Waals surface area (Å²) >= 11 is 0. The van der Waals surface area contributed by atoms with E-state index in [1.165, 1.54) is 17.0 Å². The normalized spacial score (nSPS) is 9.89. The van der Waals surface area contributed by atoms with Crippen LogP contribution >= 0.6 is 0 Å². The first-order valence-corrected chi connectivity index (χ1v) is 5.38. The predicted octanol–water partition coefficient (Wildman–Crippen LogP) is 0.457. The van der Waals surface area contributed by atoms with Crippen LogP contribution in [-0.4, -0.2) is 47.6 Å². The fourth-order valence-electron chi connectivity index (χ4n) is 1.36. The molecule has 0 aliphatic heterocycles. The van der Waals surface area contributed by atoms with Crippen molar-refractivity contribution in [1.82, 2.24) is 4.90 Å². The maximum Gasteiger partial charge on any atom is 0.292 e. The van der Waals surface area contributed by atoms with Crippen molar-refractivity contribution in [1.29, 1.82) is 0 Å². The van der Waals surface area contributed by atoms with Crippen LogP contribution in [0.3, 0.4) is 0 Å². The van der Waals surface area contributed by atoms with Crippen LogP contribution in [0, 0.1) is 10.1 Å². The van der Waals surface area contributed by atoms with Crippen molar-refractivity contribution in [3.63, 3.8) is 0 Å². The van der Waals surface area contributed by atoms with Crippen LogP contribution in [0.1, 0.15) is 0 Å². The van der Waals surface area contributed by atoms with Gasteiger partial charge in [-0.25, -0.2) is 0 Å². The molecule has 0 heterocycles. The Bertz CT molecular complexity index is 436. The van der Waals surface area contributed by atoms with Gasteiger partial charge in [0.15, 0.2) is 0 Å². The van der Waals surface area contributed by atoms with Crippen molar-refractivity contribution in [2.75, 3.05) is 32.1 Å². The third kappa shape index (κ3) is 3.70. The summed E-state index contributed by atoms with van der Waals surface area (Å²) in [6.07, 6.45) is 0. The molecule has 7 nitrogen and oxygen atoms in total. The van der Waals surface area contributed by atoms with Gasteiger partial charge in [-0.2, -0.15) is 0 Å². The summed E-state index contributed by atoms with van der Waals surface area (Å²) in [7, 11) is 1.56. The van der Waals surface area contributed by atoms with Crippen molar-refractivity contribution in [2.24, 2.45) is 0 Å². The zero-order valence-corrected chi connectivity index (χ0v) is 10.00. The van der Waals surface area contributed by atoms with E-state index in [0.717, 1.165) is 0 Å². The van der Waals surface area contributed by atoms with E-state index in [4.69, 9.17) is 5.11 Å². The number of hydrogen-bond acceptors (Lipinski definition) is 5. The van der Waals surface area contributed by atoms with E-state index < -0.39 is 4.92 Å². The molecule has 98 valence electrons. The number of carbonyl (C=O) groups excluding carboxylic acids is 1. The summed E-state index contributed by atoms with van der Waals surface area (Å²) in [5, 5.41) is 22.1. The van der Waals surface area contributed by atoms with Crippen LogP contribution in [0.15, 0.2) is 24.3 Å². The highest BCUT2D eigenvalue weighted by atomic mass is 16.6. The second-order valence-electron chi connectivity index (χ2n) is 3.67. The van der Waals surface area contributed by atoms with Crippen LogP contribution in [0.2, 0.25) is 0 Å². The quantitative estimate of drug-likeness (QED) is 0.567. The number of anilines is 1. The number of amides is 1. The second-order valence-corrected chi connectivity index (χ2v) is 3.67. The maximum absolute atomic E-state index is 11.6. The molecule has 7 heteroatoms. The number of nitrogens with one attached hydrogen (secondary N) is 1. The van der Waals surface area contributed by atoms with Crippen molar-refractivity contribution >= 4 is 17.3 Å². The summed E-state index contributed by atoms with van der Waals surface area (Å²) in [6.45, 7) is 0.0620. The van der Waals surface area contributed by atoms with Gasteiger partial charge < -0.3 is 15.3 Å². The van der Waals surface area contributed by atoms with E-state index in [2.05, 4.69) is 5.32 Å². The highest BCUT2D eigenvalue weighted by molar-refractivity contribution is 5.81. The van der Waals surface area contributed by atoms with Crippen LogP contribution in [0.5, 0.6) is 0 Å². The summed E-state index contributed by atoms with van der Waals surface area (Å²) in [5.74, 6) is -0.248. The summed E-state index contributed by atoms with van der Waals surface area (Å²) < 4.78 is 0. The molecular formula is C11H15N3O4. The van der Waals surface area contributed by atoms with Gasteiger partial charge in [0.2, 0.25) is 5.91 Å². The molecule has 0 spiro atoms. The molecule has 0 aliphatic rings. The lowest BCUT2D eigenvalue weighted by atomic mass is 10.2. The Hall–Kier alpha value is -2.15. The second kappa shape index (κ2) is 6.55. The smallest absolute Gasteiger partial charge is 0.292 e. The molecule has 0 saturated heterocycles. The van der Waals surface area contributed by atoms with Crippen molar-refractivity contribution in [2.45, 2.75) is 0 Å². The zero-order chi connectivity index (χ0) is 13.5. The van der Waals surface area contributed by atoms with Crippen molar-refractivity contribution in [3.05, 3.63) is 34.4 Å². The number of aliphatic hydroxyl groups excluding tert-OH is 1. The van der Waals surface area contributed by atoms with E-state index in [0.29, 0.717) is 5.69 Å². The number of hydrogen-bond donors (Lipinski definition) is 2.